The van der Waals surface area contributed by atoms with Crippen molar-refractivity contribution in [2.75, 3.05) is 13.1 Å². The first-order chi connectivity index (χ1) is 18.7. The molecule has 1 aliphatic rings. The molecule has 0 N–H and O–H groups in total. The minimum atomic E-state index is -3.06. The fraction of sp³-hybridized carbons (Fsp3) is 0.185. The van der Waals surface area contributed by atoms with Crippen LogP contribution in [0.1, 0.15) is 21.6 Å². The number of ether oxygens (including phenoxy) is 2. The van der Waals surface area contributed by atoms with E-state index in [4.69, 9.17) is 25.6 Å². The molecule has 9 nitrogen and oxygen atoms in total. The fourth-order valence-corrected chi connectivity index (χ4v) is 4.21. The van der Waals surface area contributed by atoms with E-state index < -0.39 is 47.0 Å². The number of nitrogens with zero attached hydrogens (tertiary/aromatic N) is 3. The Hall–Kier alpha value is -4.51. The van der Waals surface area contributed by atoms with Gasteiger partial charge in [-0.05, 0) is 17.2 Å². The van der Waals surface area contributed by atoms with Gasteiger partial charge in [0.2, 0.25) is 11.5 Å². The minimum Gasteiger partial charge on any atom is -0.488 e. The zero-order chi connectivity index (χ0) is 27.6. The van der Waals surface area contributed by atoms with Gasteiger partial charge < -0.3 is 18.9 Å². The molecule has 0 spiro atoms. The first kappa shape index (κ1) is 26.1. The van der Waals surface area contributed by atoms with Crippen LogP contribution < -0.4 is 9.47 Å². The highest BCUT2D eigenvalue weighted by Crippen LogP contribution is 2.44. The van der Waals surface area contributed by atoms with Crippen molar-refractivity contribution < 1.29 is 32.5 Å². The van der Waals surface area contributed by atoms with Gasteiger partial charge >= 0.3 is 5.69 Å². The summed E-state index contributed by atoms with van der Waals surface area (Å²) in [5.41, 5.74) is 0.255. The van der Waals surface area contributed by atoms with Gasteiger partial charge in [0.1, 0.15) is 24.7 Å². The smallest absolute Gasteiger partial charge is 0.349 e. The molecule has 2 heterocycles. The molecule has 0 atom stereocenters. The lowest BCUT2D eigenvalue weighted by Crippen LogP contribution is -2.58. The van der Waals surface area contributed by atoms with E-state index in [2.05, 4.69) is 5.16 Å². The van der Waals surface area contributed by atoms with Crippen molar-refractivity contribution in [3.8, 4) is 22.8 Å². The van der Waals surface area contributed by atoms with Crippen molar-refractivity contribution in [2.24, 2.45) is 0 Å². The Labute approximate surface area is 225 Å². The maximum absolute atomic E-state index is 13.3. The first-order valence-corrected chi connectivity index (χ1v) is 12.1. The van der Waals surface area contributed by atoms with Gasteiger partial charge in [0.05, 0.1) is 28.6 Å². The summed E-state index contributed by atoms with van der Waals surface area (Å²) in [4.78, 5) is 24.6. The average Bonchev–Trinajstić information content (AvgIpc) is 3.36. The van der Waals surface area contributed by atoms with Gasteiger partial charge in [-0.25, -0.2) is 8.78 Å². The maximum atomic E-state index is 13.3. The molecule has 1 fully saturated rings. The first-order valence-electron chi connectivity index (χ1n) is 11.7. The van der Waals surface area contributed by atoms with Gasteiger partial charge in [-0.1, -0.05) is 77.4 Å². The number of nitro groups is 1. The lowest BCUT2D eigenvalue weighted by Gasteiger charge is -2.37. The highest BCUT2D eigenvalue weighted by Gasteiger charge is 2.49. The average molecular weight is 556 g/mol. The molecule has 1 amide bonds. The van der Waals surface area contributed by atoms with Crippen molar-refractivity contribution >= 4 is 23.2 Å². The third-order valence-corrected chi connectivity index (χ3v) is 6.23. The van der Waals surface area contributed by atoms with E-state index in [1.165, 1.54) is 12.1 Å². The number of rotatable bonds is 9. The summed E-state index contributed by atoms with van der Waals surface area (Å²) in [6.45, 7) is -1.45. The number of likely N-dealkylation sites (tertiary alicyclic amines) is 1. The van der Waals surface area contributed by atoms with Crippen molar-refractivity contribution in [1.29, 1.82) is 0 Å². The number of hydrogen-bond donors (Lipinski definition) is 0. The second-order valence-corrected chi connectivity index (χ2v) is 9.22. The van der Waals surface area contributed by atoms with Gasteiger partial charge in [0.15, 0.2) is 0 Å². The monoisotopic (exact) mass is 555 g/mol. The van der Waals surface area contributed by atoms with Crippen LogP contribution in [0.15, 0.2) is 77.3 Å². The molecule has 5 rings (SSSR count). The molecule has 0 aliphatic carbocycles. The van der Waals surface area contributed by atoms with Gasteiger partial charge in [-0.3, -0.25) is 14.9 Å². The second kappa shape index (κ2) is 10.7. The molecule has 3 aromatic carbocycles. The molecule has 12 heteroatoms. The molecule has 1 aromatic heterocycles. The zero-order valence-corrected chi connectivity index (χ0v) is 20.9. The van der Waals surface area contributed by atoms with Gasteiger partial charge in [-0.15, -0.1) is 0 Å². The van der Waals surface area contributed by atoms with Crippen molar-refractivity contribution in [3.05, 3.63) is 105 Å². The summed E-state index contributed by atoms with van der Waals surface area (Å²) in [5, 5.41) is 15.7. The standard InChI is InChI=1S/C27H20ClF2N3O6/c28-20-11-19(25-24(33(35)36)23(31-39-25)26(34)32-15-27(29,30)16-32)21(37-13-17-7-3-1-4-8-17)12-22(20)38-14-18-9-5-2-6-10-18/h1-12H,13-16H2. The lowest BCUT2D eigenvalue weighted by molar-refractivity contribution is -0.384. The Morgan fingerprint density at radius 3 is 2.10 bits per heavy atom. The Morgan fingerprint density at radius 1 is 1.00 bits per heavy atom. The molecule has 1 saturated heterocycles. The highest BCUT2D eigenvalue weighted by molar-refractivity contribution is 6.32. The minimum absolute atomic E-state index is 0.0372. The van der Waals surface area contributed by atoms with Crippen LogP contribution in [0.3, 0.4) is 0 Å². The van der Waals surface area contributed by atoms with E-state index in [9.17, 15) is 23.7 Å². The predicted octanol–water partition coefficient (Wildman–Crippen LogP) is 6.15. The van der Waals surface area contributed by atoms with Crippen LogP contribution >= 0.6 is 11.6 Å². The van der Waals surface area contributed by atoms with E-state index in [1.807, 2.05) is 60.7 Å². The summed E-state index contributed by atoms with van der Waals surface area (Å²) >= 11 is 6.48. The molecule has 0 saturated carbocycles. The maximum Gasteiger partial charge on any atom is 0.349 e. The Morgan fingerprint density at radius 2 is 1.56 bits per heavy atom. The summed E-state index contributed by atoms with van der Waals surface area (Å²) in [7, 11) is 0. The van der Waals surface area contributed by atoms with Crippen LogP contribution in [0.5, 0.6) is 11.5 Å². The van der Waals surface area contributed by atoms with Crippen LogP contribution in [-0.2, 0) is 13.2 Å². The molecular formula is C27H20ClF2N3O6. The predicted molar refractivity (Wildman–Crippen MR) is 136 cm³/mol. The van der Waals surface area contributed by atoms with E-state index in [0.29, 0.717) is 0 Å². The number of alkyl halides is 2. The lowest BCUT2D eigenvalue weighted by atomic mass is 10.1. The molecule has 39 heavy (non-hydrogen) atoms. The molecule has 4 aromatic rings. The molecule has 200 valence electrons. The third-order valence-electron chi connectivity index (χ3n) is 5.94. The van der Waals surface area contributed by atoms with E-state index >= 15 is 0 Å². The van der Waals surface area contributed by atoms with Crippen molar-refractivity contribution in [2.45, 2.75) is 19.1 Å². The Kier molecular flexibility index (Phi) is 7.16. The number of hydrogen-bond acceptors (Lipinski definition) is 7. The van der Waals surface area contributed by atoms with Crippen LogP contribution in [0.25, 0.3) is 11.3 Å². The molecular weight excluding hydrogens is 536 g/mol. The molecule has 0 bridgehead atoms. The Balaban J connectivity index is 1.51. The zero-order valence-electron chi connectivity index (χ0n) is 20.2. The van der Waals surface area contributed by atoms with Crippen LogP contribution in [0.4, 0.5) is 14.5 Å². The SMILES string of the molecule is O=C(c1noc(-c2cc(Cl)c(OCc3ccccc3)cc2OCc2ccccc2)c1[N+](=O)[O-])N1CC(F)(F)C1. The van der Waals surface area contributed by atoms with Crippen LogP contribution in [-0.4, -0.2) is 39.9 Å². The van der Waals surface area contributed by atoms with Crippen LogP contribution in [0.2, 0.25) is 5.02 Å². The van der Waals surface area contributed by atoms with Crippen molar-refractivity contribution in [3.63, 3.8) is 0 Å². The number of benzene rings is 3. The number of amides is 1. The Bertz CT molecular complexity index is 1510. The van der Waals surface area contributed by atoms with Gasteiger partial charge in [-0.2, -0.15) is 0 Å². The molecule has 0 radical (unpaired) electrons. The largest absolute Gasteiger partial charge is 0.488 e. The summed E-state index contributed by atoms with van der Waals surface area (Å²) in [6.07, 6.45) is 0. The number of carbonyl (C=O) groups excluding carboxylic acids is 1. The normalized spacial score (nSPS) is 14.0. The van der Waals surface area contributed by atoms with E-state index in [-0.39, 0.29) is 35.3 Å². The second-order valence-electron chi connectivity index (χ2n) is 8.81. The quantitative estimate of drug-likeness (QED) is 0.180. The molecule has 1 aliphatic heterocycles. The third kappa shape index (κ3) is 5.68. The summed E-state index contributed by atoms with van der Waals surface area (Å²) in [6, 6.07) is 21.3. The summed E-state index contributed by atoms with van der Waals surface area (Å²) in [5.74, 6) is -4.15. The number of aromatic nitrogens is 1. The number of carbonyl (C=O) groups is 1. The summed E-state index contributed by atoms with van der Waals surface area (Å²) < 4.78 is 43.7. The molecule has 0 unspecified atom stereocenters. The fourth-order valence-electron chi connectivity index (χ4n) is 3.99. The highest BCUT2D eigenvalue weighted by atomic mass is 35.5. The number of halogens is 3. The van der Waals surface area contributed by atoms with E-state index in [1.54, 1.807) is 0 Å². The van der Waals surface area contributed by atoms with Crippen LogP contribution in [0, 0.1) is 10.1 Å². The van der Waals surface area contributed by atoms with Gasteiger partial charge in [0, 0.05) is 6.07 Å². The van der Waals surface area contributed by atoms with E-state index in [0.717, 1.165) is 16.0 Å². The van der Waals surface area contributed by atoms with Crippen molar-refractivity contribution in [1.82, 2.24) is 10.1 Å². The topological polar surface area (TPSA) is 108 Å². The van der Waals surface area contributed by atoms with Gasteiger partial charge in [0.25, 0.3) is 11.8 Å².